The predicted molar refractivity (Wildman–Crippen MR) is 505 cm³/mol. The highest BCUT2D eigenvalue weighted by Gasteiger charge is 2.22. The van der Waals surface area contributed by atoms with Gasteiger partial charge in [0, 0.05) is 67.6 Å². The molecule has 127 heavy (non-hydrogen) atoms. The van der Waals surface area contributed by atoms with E-state index in [2.05, 4.69) is 154 Å². The van der Waals surface area contributed by atoms with Crippen LogP contribution in [0.2, 0.25) is 0 Å². The predicted octanol–water partition coefficient (Wildman–Crippen LogP) is 27.3. The number of aromatic nitrogens is 12. The lowest BCUT2D eigenvalue weighted by Gasteiger charge is -2.12. The molecule has 0 atom stereocenters. The molecule has 0 radical (unpaired) electrons. The van der Waals surface area contributed by atoms with Crippen molar-refractivity contribution < 1.29 is 13.3 Å². The topological polar surface area (TPSA) is 218 Å². The molecule has 0 bridgehead atoms. The second kappa shape index (κ2) is 34.2. The number of aryl methyl sites for hydroxylation is 1. The number of nitriles is 1. The summed E-state index contributed by atoms with van der Waals surface area (Å²) in [5, 5.41) is 9.09. The summed E-state index contributed by atoms with van der Waals surface area (Å²) in [6.07, 6.45) is 0.762. The number of benzene rings is 16. The fourth-order valence-electron chi connectivity index (χ4n) is 15.6. The van der Waals surface area contributed by atoms with Gasteiger partial charge >= 0.3 is 0 Å². The first-order valence-corrected chi connectivity index (χ1v) is 41.7. The summed E-state index contributed by atoms with van der Waals surface area (Å²) in [5.74, 6) is 3.79. The molecule has 16 nitrogen and oxygen atoms in total. The Labute approximate surface area is 729 Å². The minimum absolute atomic E-state index is 0.589. The van der Waals surface area contributed by atoms with Crippen LogP contribution in [0.1, 0.15) is 18.4 Å². The third kappa shape index (κ3) is 16.1. The molecule has 0 unspecified atom stereocenters. The minimum atomic E-state index is 0.589. The van der Waals surface area contributed by atoms with E-state index in [0.717, 1.165) is 196 Å². The van der Waals surface area contributed by atoms with E-state index in [-0.39, 0.29) is 0 Å². The maximum Gasteiger partial charge on any atom is 0.227 e. The van der Waals surface area contributed by atoms with Gasteiger partial charge < -0.3 is 13.3 Å². The van der Waals surface area contributed by atoms with Crippen LogP contribution >= 0.6 is 0 Å². The average molecular weight is 1630 g/mol. The highest BCUT2D eigenvalue weighted by atomic mass is 16.4. The van der Waals surface area contributed by atoms with Gasteiger partial charge in [-0.3, -0.25) is 0 Å². The average Bonchev–Trinajstić information content (AvgIpc) is 1.28. The van der Waals surface area contributed by atoms with Crippen molar-refractivity contribution in [3.63, 3.8) is 0 Å². The Hall–Kier alpha value is -17.6. The summed E-state index contributed by atoms with van der Waals surface area (Å²) < 4.78 is 17.8. The van der Waals surface area contributed by atoms with Crippen LogP contribution in [-0.4, -0.2) is 59.8 Å². The third-order valence-electron chi connectivity index (χ3n) is 22.2. The molecule has 0 amide bonds. The molecular weight excluding hydrogens is 1560 g/mol. The SMILES string of the molecule is CCc1nc2ccc(-c3ccc(-c4nc5ccccc5nc4-c4ccc(-c5nc(-c6ccccc6)nc(-c6ccccc6)n5)cc4)cc3)cc2o1.N#Cc1ccc(-c2ccc(-c3nc4ccccc4nc3-c3ccc(-c4nc5ccccc5o4)cc3)cc2)cc1.c1ccc(-c2ccc(-c3nc4ccccc4nc3-c3ccc(-c4nc5ccccc5o4)cc3)cc2)cc1. The van der Waals surface area contributed by atoms with Crippen LogP contribution < -0.4 is 0 Å². The lowest BCUT2D eigenvalue weighted by atomic mass is 9.99. The lowest BCUT2D eigenvalue weighted by Crippen LogP contribution is -2.00. The van der Waals surface area contributed by atoms with Crippen molar-refractivity contribution >= 4 is 66.4 Å². The largest absolute Gasteiger partial charge is 0.441 e. The number of rotatable bonds is 15. The highest BCUT2D eigenvalue weighted by molar-refractivity contribution is 5.92. The van der Waals surface area contributed by atoms with Crippen LogP contribution in [0.25, 0.3) is 224 Å². The van der Waals surface area contributed by atoms with Gasteiger partial charge in [0.15, 0.2) is 40.1 Å². The standard InChI is InChI=1S/C44H30N6O.C34H20N4O.C33H21N3O/c1-2-39-45-37-26-25-34(27-38(37)51-39)28-17-19-29(20-18-28)40-41(47-36-16-10-9-15-35(36)46-40)30-21-23-33(24-22-30)44-49-42(31-11-5-3-6-12-31)48-43(50-44)32-13-7-4-8-14-32;35-21-22-9-11-23(12-10-22)24-13-15-25(16-14-24)32-33(37-29-6-2-1-5-28(29)36-32)26-17-19-27(20-18-26)34-38-30-7-3-4-8-31(30)39-34;1-2-8-22(9-3-1)23-14-16-24(17-15-23)31-32(35-28-11-5-4-10-27(28)34-31)25-18-20-26(21-19-25)33-36-29-12-6-7-13-30(29)37-33/h3-27H,2H2,1H3;1-20H;1-21H. The molecule has 0 N–H and O–H groups in total. The van der Waals surface area contributed by atoms with Gasteiger partial charge in [-0.05, 0) is 143 Å². The van der Waals surface area contributed by atoms with E-state index in [9.17, 15) is 0 Å². The molecule has 0 aliphatic heterocycles. The first-order chi connectivity index (χ1) is 62.7. The monoisotopic (exact) mass is 1630 g/mol. The lowest BCUT2D eigenvalue weighted by molar-refractivity contribution is 0.538. The zero-order valence-corrected chi connectivity index (χ0v) is 68.4. The molecular formula is C111H71N13O3. The van der Waals surface area contributed by atoms with E-state index in [1.165, 1.54) is 11.1 Å². The molecule has 7 heterocycles. The molecule has 0 saturated carbocycles. The van der Waals surface area contributed by atoms with Crippen molar-refractivity contribution in [1.82, 2.24) is 59.8 Å². The van der Waals surface area contributed by atoms with Crippen LogP contribution in [0.3, 0.4) is 0 Å². The van der Waals surface area contributed by atoms with Crippen molar-refractivity contribution in [1.29, 1.82) is 5.26 Å². The van der Waals surface area contributed by atoms with Crippen molar-refractivity contribution in [2.45, 2.75) is 13.3 Å². The molecule has 16 heteroatoms. The number of hydrogen-bond acceptors (Lipinski definition) is 16. The van der Waals surface area contributed by atoms with E-state index in [1.54, 1.807) is 0 Å². The number of hydrogen-bond donors (Lipinski definition) is 0. The van der Waals surface area contributed by atoms with Crippen molar-refractivity contribution in [2.24, 2.45) is 0 Å². The van der Waals surface area contributed by atoms with E-state index < -0.39 is 0 Å². The van der Waals surface area contributed by atoms with E-state index in [4.69, 9.17) is 63.4 Å². The van der Waals surface area contributed by atoms with E-state index in [1.807, 2.05) is 274 Å². The molecule has 23 aromatic rings. The molecule has 598 valence electrons. The maximum absolute atomic E-state index is 9.09. The first kappa shape index (κ1) is 76.8. The quantitative estimate of drug-likeness (QED) is 0.0932. The Morgan fingerprint density at radius 2 is 0.441 bits per heavy atom. The van der Waals surface area contributed by atoms with Crippen molar-refractivity contribution in [3.8, 4) is 164 Å². The first-order valence-electron chi connectivity index (χ1n) is 41.7. The van der Waals surface area contributed by atoms with Gasteiger partial charge in [-0.25, -0.2) is 59.8 Å². The van der Waals surface area contributed by atoms with Crippen molar-refractivity contribution in [2.75, 3.05) is 0 Å². The second-order valence-corrected chi connectivity index (χ2v) is 30.4. The number of oxazole rings is 3. The smallest absolute Gasteiger partial charge is 0.227 e. The zero-order chi connectivity index (χ0) is 84.9. The van der Waals surface area contributed by atoms with E-state index in [0.29, 0.717) is 34.8 Å². The molecule has 23 rings (SSSR count). The van der Waals surface area contributed by atoms with Gasteiger partial charge in [-0.2, -0.15) is 5.26 Å². The highest BCUT2D eigenvalue weighted by Crippen LogP contribution is 2.40. The van der Waals surface area contributed by atoms with Crippen molar-refractivity contribution in [3.05, 3.63) is 412 Å². The Bertz CT molecular complexity index is 7880. The van der Waals surface area contributed by atoms with Crippen LogP contribution in [0.5, 0.6) is 0 Å². The number of para-hydroxylation sites is 10. The summed E-state index contributed by atoms with van der Waals surface area (Å²) in [5.41, 5.74) is 32.6. The molecule has 0 saturated heterocycles. The van der Waals surface area contributed by atoms with Gasteiger partial charge in [0.05, 0.1) is 78.9 Å². The maximum atomic E-state index is 9.09. The van der Waals surface area contributed by atoms with Gasteiger partial charge in [0.25, 0.3) is 0 Å². The molecule has 0 aliphatic carbocycles. The van der Waals surface area contributed by atoms with Crippen LogP contribution in [0, 0.1) is 11.3 Å². The Morgan fingerprint density at radius 3 is 0.764 bits per heavy atom. The van der Waals surface area contributed by atoms with Crippen LogP contribution in [0.15, 0.2) is 414 Å². The van der Waals surface area contributed by atoms with Gasteiger partial charge in [0.1, 0.15) is 16.6 Å². The van der Waals surface area contributed by atoms with Crippen LogP contribution in [-0.2, 0) is 6.42 Å². The Balaban J connectivity index is 0.000000118. The molecule has 0 aliphatic rings. The normalized spacial score (nSPS) is 11.2. The molecule has 0 spiro atoms. The van der Waals surface area contributed by atoms with Crippen LogP contribution in [0.4, 0.5) is 0 Å². The summed E-state index contributed by atoms with van der Waals surface area (Å²) in [6.45, 7) is 2.04. The zero-order valence-electron chi connectivity index (χ0n) is 68.4. The summed E-state index contributed by atoms with van der Waals surface area (Å²) in [7, 11) is 0. The van der Waals surface area contributed by atoms with Gasteiger partial charge in [-0.15, -0.1) is 0 Å². The van der Waals surface area contributed by atoms with Gasteiger partial charge in [-0.1, -0.05) is 298 Å². The molecule has 7 aromatic heterocycles. The number of fused-ring (bicyclic) bond motifs is 6. The summed E-state index contributed by atoms with van der Waals surface area (Å²) in [4.78, 5) is 58.8. The summed E-state index contributed by atoms with van der Waals surface area (Å²) >= 11 is 0. The fourth-order valence-corrected chi connectivity index (χ4v) is 15.6. The minimum Gasteiger partial charge on any atom is -0.441 e. The summed E-state index contributed by atoms with van der Waals surface area (Å²) in [6, 6.07) is 136. The molecule has 0 fully saturated rings. The van der Waals surface area contributed by atoms with E-state index >= 15 is 0 Å². The fraction of sp³-hybridized carbons (Fsp3) is 0.0180. The third-order valence-corrected chi connectivity index (χ3v) is 22.2. The molecule has 16 aromatic carbocycles. The van der Waals surface area contributed by atoms with Gasteiger partial charge in [0.2, 0.25) is 11.8 Å². The Morgan fingerprint density at radius 1 is 0.197 bits per heavy atom. The Kier molecular flexibility index (Phi) is 20.7. The number of nitrogens with zero attached hydrogens (tertiary/aromatic N) is 13. The second-order valence-electron chi connectivity index (χ2n) is 30.4.